The van der Waals surface area contributed by atoms with Gasteiger partial charge >= 0.3 is 6.09 Å². The number of ether oxygens (including phenoxy) is 1. The van der Waals surface area contributed by atoms with Gasteiger partial charge in [0.15, 0.2) is 5.82 Å². The van der Waals surface area contributed by atoms with E-state index in [4.69, 9.17) is 9.84 Å². The van der Waals surface area contributed by atoms with Crippen molar-refractivity contribution in [3.05, 3.63) is 64.8 Å². The molecule has 1 fully saturated rings. The summed E-state index contributed by atoms with van der Waals surface area (Å²) in [6.45, 7) is 6.12. The Balaban J connectivity index is 1.85. The highest BCUT2D eigenvalue weighted by Gasteiger charge is 2.36. The molecule has 1 aromatic carbocycles. The topological polar surface area (TPSA) is 68.8 Å². The molecule has 1 atom stereocenters. The van der Waals surface area contributed by atoms with Crippen LogP contribution in [0, 0.1) is 0 Å². The van der Waals surface area contributed by atoms with Crippen molar-refractivity contribution in [1.29, 1.82) is 0 Å². The predicted molar refractivity (Wildman–Crippen MR) is 106 cm³/mol. The van der Waals surface area contributed by atoms with Gasteiger partial charge in [0, 0.05) is 12.7 Å². The zero-order valence-corrected chi connectivity index (χ0v) is 16.3. The molecule has 0 radical (unpaired) electrons. The van der Waals surface area contributed by atoms with Gasteiger partial charge in [0.1, 0.15) is 11.1 Å². The van der Waals surface area contributed by atoms with E-state index in [1.807, 2.05) is 51.1 Å². The van der Waals surface area contributed by atoms with Crippen molar-refractivity contribution in [3.63, 3.8) is 0 Å². The van der Waals surface area contributed by atoms with E-state index in [9.17, 15) is 9.59 Å². The molecule has 2 aromatic heterocycles. The van der Waals surface area contributed by atoms with E-state index in [-0.39, 0.29) is 17.7 Å². The number of fused-ring (bicyclic) bond motifs is 1. The average Bonchev–Trinajstić information content (AvgIpc) is 3.30. The van der Waals surface area contributed by atoms with E-state index in [2.05, 4.69) is 0 Å². The van der Waals surface area contributed by atoms with Crippen LogP contribution in [0.2, 0.25) is 0 Å². The number of aromatic nitrogens is 3. The third-order valence-corrected chi connectivity index (χ3v) is 4.78. The minimum Gasteiger partial charge on any atom is -0.444 e. The van der Waals surface area contributed by atoms with E-state index < -0.39 is 5.60 Å². The summed E-state index contributed by atoms with van der Waals surface area (Å²) in [7, 11) is 0. The van der Waals surface area contributed by atoms with E-state index in [0.29, 0.717) is 17.9 Å². The molecule has 0 bridgehead atoms. The lowest BCUT2D eigenvalue weighted by atomic mass is 10.2. The number of benzene rings is 1. The molecule has 146 valence electrons. The van der Waals surface area contributed by atoms with Gasteiger partial charge in [-0.25, -0.2) is 9.31 Å². The van der Waals surface area contributed by atoms with Crippen molar-refractivity contribution in [2.45, 2.75) is 45.3 Å². The fraction of sp³-hybridized carbons (Fsp3) is 0.381. The Bertz CT molecular complexity index is 1060. The molecule has 1 unspecified atom stereocenters. The zero-order chi connectivity index (χ0) is 19.9. The van der Waals surface area contributed by atoms with Gasteiger partial charge in [0.05, 0.1) is 11.7 Å². The summed E-state index contributed by atoms with van der Waals surface area (Å²) >= 11 is 0. The van der Waals surface area contributed by atoms with Gasteiger partial charge in [-0.05, 0) is 57.9 Å². The molecular formula is C21H24N4O3. The Labute approximate surface area is 163 Å². The summed E-state index contributed by atoms with van der Waals surface area (Å²) in [5.41, 5.74) is 0.489. The van der Waals surface area contributed by atoms with E-state index >= 15 is 0 Å². The number of nitrogens with zero attached hydrogens (tertiary/aromatic N) is 4. The van der Waals surface area contributed by atoms with Crippen molar-refractivity contribution in [2.75, 3.05) is 6.54 Å². The molecule has 1 saturated heterocycles. The molecule has 0 spiro atoms. The van der Waals surface area contributed by atoms with Gasteiger partial charge in [-0.15, -0.1) is 0 Å². The Hall–Kier alpha value is -3.09. The Morgan fingerprint density at radius 3 is 2.61 bits per heavy atom. The summed E-state index contributed by atoms with van der Waals surface area (Å²) in [5, 5.41) is 4.71. The maximum atomic E-state index is 13.2. The van der Waals surface area contributed by atoms with Crippen molar-refractivity contribution < 1.29 is 9.53 Å². The summed E-state index contributed by atoms with van der Waals surface area (Å²) in [5.74, 6) is 0.545. The minimum absolute atomic E-state index is 0.155. The van der Waals surface area contributed by atoms with Gasteiger partial charge in [0.25, 0.3) is 5.56 Å². The standard InChI is InChI=1S/C21H24N4O3/c1-21(2,3)28-20(27)23-13-7-11-16(23)18-22-24-14-8-12-17(24)19(26)25(18)15-9-5-4-6-10-15/h4-6,8-10,12,14,16H,7,11,13H2,1-3H3. The van der Waals surface area contributed by atoms with Crippen LogP contribution in [0.3, 0.4) is 0 Å². The predicted octanol–water partition coefficient (Wildman–Crippen LogP) is 3.56. The highest BCUT2D eigenvalue weighted by Crippen LogP contribution is 2.32. The normalized spacial score (nSPS) is 17.2. The van der Waals surface area contributed by atoms with Crippen LogP contribution in [0.15, 0.2) is 53.5 Å². The number of carbonyl (C=O) groups is 1. The Morgan fingerprint density at radius 1 is 1.14 bits per heavy atom. The Kier molecular flexibility index (Phi) is 4.45. The van der Waals surface area contributed by atoms with Crippen LogP contribution < -0.4 is 5.56 Å². The van der Waals surface area contributed by atoms with Crippen LogP contribution in [-0.4, -0.2) is 37.3 Å². The zero-order valence-electron chi connectivity index (χ0n) is 16.3. The molecule has 1 amide bonds. The second-order valence-electron chi connectivity index (χ2n) is 8.00. The molecule has 0 N–H and O–H groups in total. The summed E-state index contributed by atoms with van der Waals surface area (Å²) < 4.78 is 8.79. The van der Waals surface area contributed by atoms with E-state index in [0.717, 1.165) is 18.5 Å². The van der Waals surface area contributed by atoms with Gasteiger partial charge in [-0.2, -0.15) is 5.10 Å². The molecule has 7 nitrogen and oxygen atoms in total. The van der Waals surface area contributed by atoms with E-state index in [1.54, 1.807) is 32.3 Å². The molecule has 3 heterocycles. The monoisotopic (exact) mass is 380 g/mol. The van der Waals surface area contributed by atoms with Crippen molar-refractivity contribution in [3.8, 4) is 5.69 Å². The second-order valence-corrected chi connectivity index (χ2v) is 8.00. The highest BCUT2D eigenvalue weighted by molar-refractivity contribution is 5.69. The minimum atomic E-state index is -0.582. The number of hydrogen-bond acceptors (Lipinski definition) is 4. The molecule has 4 rings (SSSR count). The molecule has 0 saturated carbocycles. The first-order chi connectivity index (χ1) is 13.3. The molecule has 1 aliphatic heterocycles. The van der Waals surface area contributed by atoms with Gasteiger partial charge < -0.3 is 4.74 Å². The van der Waals surface area contributed by atoms with Crippen molar-refractivity contribution >= 4 is 11.6 Å². The van der Waals surface area contributed by atoms with Crippen LogP contribution in [0.5, 0.6) is 0 Å². The third-order valence-electron chi connectivity index (χ3n) is 4.78. The number of carbonyl (C=O) groups excluding carboxylic acids is 1. The lowest BCUT2D eigenvalue weighted by molar-refractivity contribution is 0.0215. The number of amides is 1. The van der Waals surface area contributed by atoms with Gasteiger partial charge in [0.2, 0.25) is 0 Å². The molecular weight excluding hydrogens is 356 g/mol. The molecule has 0 aliphatic carbocycles. The summed E-state index contributed by atoms with van der Waals surface area (Å²) in [6.07, 6.45) is 2.93. The second kappa shape index (κ2) is 6.82. The smallest absolute Gasteiger partial charge is 0.410 e. The lowest BCUT2D eigenvalue weighted by Crippen LogP contribution is -2.39. The number of likely N-dealkylation sites (tertiary alicyclic amines) is 1. The first-order valence-corrected chi connectivity index (χ1v) is 9.50. The maximum absolute atomic E-state index is 13.2. The fourth-order valence-electron chi connectivity index (χ4n) is 3.62. The highest BCUT2D eigenvalue weighted by atomic mass is 16.6. The van der Waals surface area contributed by atoms with Crippen LogP contribution in [0.25, 0.3) is 11.2 Å². The first kappa shape index (κ1) is 18.3. The average molecular weight is 380 g/mol. The van der Waals surface area contributed by atoms with Crippen LogP contribution in [0.1, 0.15) is 45.5 Å². The number of para-hydroxylation sites is 1. The molecule has 28 heavy (non-hydrogen) atoms. The SMILES string of the molecule is CC(C)(C)OC(=O)N1CCCC1c1nn2cccc2c(=O)n1-c1ccccc1. The maximum Gasteiger partial charge on any atom is 0.410 e. The first-order valence-electron chi connectivity index (χ1n) is 9.50. The van der Waals surface area contributed by atoms with Gasteiger partial charge in [-0.3, -0.25) is 14.3 Å². The largest absolute Gasteiger partial charge is 0.444 e. The third kappa shape index (κ3) is 3.28. The molecule has 3 aromatic rings. The van der Waals surface area contributed by atoms with Crippen molar-refractivity contribution in [1.82, 2.24) is 19.1 Å². The summed E-state index contributed by atoms with van der Waals surface area (Å²) in [4.78, 5) is 27.7. The number of rotatable bonds is 2. The molecule has 1 aliphatic rings. The quantitative estimate of drug-likeness (QED) is 0.682. The number of hydrogen-bond donors (Lipinski definition) is 0. The summed E-state index contributed by atoms with van der Waals surface area (Å²) in [6, 6.07) is 12.6. The van der Waals surface area contributed by atoms with Crippen LogP contribution in [-0.2, 0) is 4.74 Å². The lowest BCUT2D eigenvalue weighted by Gasteiger charge is -2.29. The molecule has 7 heteroatoms. The van der Waals surface area contributed by atoms with Crippen molar-refractivity contribution in [2.24, 2.45) is 0 Å². The van der Waals surface area contributed by atoms with E-state index in [1.165, 1.54) is 0 Å². The fourth-order valence-corrected chi connectivity index (χ4v) is 3.62. The Morgan fingerprint density at radius 2 is 1.89 bits per heavy atom. The van der Waals surface area contributed by atoms with Crippen LogP contribution >= 0.6 is 0 Å². The van der Waals surface area contributed by atoms with Crippen LogP contribution in [0.4, 0.5) is 4.79 Å². The van der Waals surface area contributed by atoms with Gasteiger partial charge in [-0.1, -0.05) is 18.2 Å².